The quantitative estimate of drug-likeness (QED) is 0.851. The number of benzene rings is 1. The third-order valence-electron chi connectivity index (χ3n) is 5.44. The van der Waals surface area contributed by atoms with Gasteiger partial charge in [-0.05, 0) is 56.0 Å². The van der Waals surface area contributed by atoms with Crippen LogP contribution in [0.2, 0.25) is 0 Å². The zero-order valence-electron chi connectivity index (χ0n) is 15.8. The van der Waals surface area contributed by atoms with Crippen LogP contribution in [0, 0.1) is 23.1 Å². The van der Waals surface area contributed by atoms with Crippen molar-refractivity contribution in [1.82, 2.24) is 10.2 Å². The molecule has 2 aliphatic heterocycles. The number of nitrogens with zero attached hydrogens (tertiary/aromatic N) is 1. The largest absolute Gasteiger partial charge is 0.339 e. The van der Waals surface area contributed by atoms with Gasteiger partial charge in [-0.15, -0.1) is 0 Å². The molecule has 0 unspecified atom stereocenters. The first-order chi connectivity index (χ1) is 12.3. The molecule has 0 aromatic heterocycles. The minimum absolute atomic E-state index is 0.0295. The summed E-state index contributed by atoms with van der Waals surface area (Å²) in [4.78, 5) is 26.8. The molecule has 26 heavy (non-hydrogen) atoms. The van der Waals surface area contributed by atoms with Crippen molar-refractivity contribution in [3.63, 3.8) is 0 Å². The summed E-state index contributed by atoms with van der Waals surface area (Å²) in [5.74, 6) is 0.208. The van der Waals surface area contributed by atoms with Gasteiger partial charge >= 0.3 is 0 Å². The van der Waals surface area contributed by atoms with E-state index in [1.165, 1.54) is 18.2 Å². The molecule has 2 heterocycles. The fourth-order valence-corrected chi connectivity index (χ4v) is 3.68. The lowest BCUT2D eigenvalue weighted by atomic mass is 9.92. The molecule has 2 atom stereocenters. The average molecular weight is 361 g/mol. The molecule has 2 amide bonds. The maximum atomic E-state index is 14.3. The van der Waals surface area contributed by atoms with Crippen LogP contribution in [0.5, 0.6) is 0 Å². The number of nitrogens with one attached hydrogen (secondary N) is 2. The van der Waals surface area contributed by atoms with Crippen LogP contribution in [0.4, 0.5) is 10.1 Å². The van der Waals surface area contributed by atoms with Crippen molar-refractivity contribution >= 4 is 17.5 Å². The molecule has 3 rings (SSSR count). The predicted molar refractivity (Wildman–Crippen MR) is 99.5 cm³/mol. The lowest BCUT2D eigenvalue weighted by Crippen LogP contribution is -2.33. The van der Waals surface area contributed by atoms with E-state index in [1.54, 1.807) is 25.7 Å². The van der Waals surface area contributed by atoms with Crippen molar-refractivity contribution in [3.8, 4) is 0 Å². The van der Waals surface area contributed by atoms with Gasteiger partial charge in [0.1, 0.15) is 5.82 Å². The molecule has 1 aromatic carbocycles. The topological polar surface area (TPSA) is 61.4 Å². The molecule has 0 spiro atoms. The van der Waals surface area contributed by atoms with Gasteiger partial charge in [-0.2, -0.15) is 0 Å². The zero-order valence-corrected chi connectivity index (χ0v) is 15.8. The van der Waals surface area contributed by atoms with Crippen LogP contribution in [0.3, 0.4) is 0 Å². The first kappa shape index (κ1) is 18.8. The number of hydrogen-bond donors (Lipinski definition) is 2. The second-order valence-corrected chi connectivity index (χ2v) is 8.45. The zero-order chi connectivity index (χ0) is 18.9. The Morgan fingerprint density at radius 2 is 1.77 bits per heavy atom. The molecule has 6 heteroatoms. The lowest BCUT2D eigenvalue weighted by Gasteiger charge is -2.22. The van der Waals surface area contributed by atoms with E-state index in [0.29, 0.717) is 30.6 Å². The number of carbonyl (C=O) groups is 2. The Hall–Kier alpha value is -1.95. The Kier molecular flexibility index (Phi) is 5.32. The van der Waals surface area contributed by atoms with Gasteiger partial charge in [-0.1, -0.05) is 20.8 Å². The predicted octanol–water partition coefficient (Wildman–Crippen LogP) is 2.88. The minimum Gasteiger partial charge on any atom is -0.339 e. The maximum absolute atomic E-state index is 14.3. The summed E-state index contributed by atoms with van der Waals surface area (Å²) in [6, 6.07) is 4.20. The van der Waals surface area contributed by atoms with Crippen LogP contribution in [-0.2, 0) is 4.79 Å². The van der Waals surface area contributed by atoms with Gasteiger partial charge in [0.15, 0.2) is 0 Å². The molecule has 0 radical (unpaired) electrons. The highest BCUT2D eigenvalue weighted by Crippen LogP contribution is 2.28. The van der Waals surface area contributed by atoms with Gasteiger partial charge in [-0.3, -0.25) is 9.59 Å². The van der Waals surface area contributed by atoms with Gasteiger partial charge < -0.3 is 15.5 Å². The van der Waals surface area contributed by atoms with Crippen molar-refractivity contribution in [2.75, 3.05) is 31.5 Å². The highest BCUT2D eigenvalue weighted by atomic mass is 19.1. The van der Waals surface area contributed by atoms with E-state index in [9.17, 15) is 14.0 Å². The first-order valence-corrected chi connectivity index (χ1v) is 9.36. The van der Waals surface area contributed by atoms with Gasteiger partial charge in [0.05, 0.1) is 5.56 Å². The summed E-state index contributed by atoms with van der Waals surface area (Å²) in [5, 5.41) is 6.18. The van der Waals surface area contributed by atoms with Crippen LogP contribution in [0.1, 0.15) is 44.0 Å². The highest BCUT2D eigenvalue weighted by Gasteiger charge is 2.32. The number of rotatable bonds is 2. The second-order valence-electron chi connectivity index (χ2n) is 8.45. The Bertz CT molecular complexity index is 685. The fourth-order valence-electron chi connectivity index (χ4n) is 3.68. The summed E-state index contributed by atoms with van der Waals surface area (Å²) >= 11 is 0. The van der Waals surface area contributed by atoms with Crippen LogP contribution in [0.15, 0.2) is 18.2 Å². The summed E-state index contributed by atoms with van der Waals surface area (Å²) in [7, 11) is 0. The van der Waals surface area contributed by atoms with E-state index >= 15 is 0 Å². The monoisotopic (exact) mass is 361 g/mol. The average Bonchev–Trinajstić information content (AvgIpc) is 2.93. The summed E-state index contributed by atoms with van der Waals surface area (Å²) in [6.07, 6.45) is 1.90. The minimum atomic E-state index is -0.560. The lowest BCUT2D eigenvalue weighted by molar-refractivity contribution is -0.123. The van der Waals surface area contributed by atoms with E-state index in [1.807, 2.05) is 0 Å². The fraction of sp³-hybridized carbons (Fsp3) is 0.600. The third kappa shape index (κ3) is 4.06. The highest BCUT2D eigenvalue weighted by molar-refractivity contribution is 5.98. The first-order valence-electron chi connectivity index (χ1n) is 9.36. The molecule has 2 saturated heterocycles. The maximum Gasteiger partial charge on any atom is 0.256 e. The van der Waals surface area contributed by atoms with Crippen molar-refractivity contribution in [2.45, 2.75) is 33.6 Å². The number of carbonyl (C=O) groups excluding carboxylic acids is 2. The summed E-state index contributed by atoms with van der Waals surface area (Å²) in [6.45, 7) is 8.74. The summed E-state index contributed by atoms with van der Waals surface area (Å²) in [5.41, 5.74) is -0.0812. The van der Waals surface area contributed by atoms with Crippen molar-refractivity contribution in [2.24, 2.45) is 17.3 Å². The number of likely N-dealkylation sites (tertiary alicyclic amines) is 1. The number of halogens is 1. The number of hydrogen-bond acceptors (Lipinski definition) is 3. The molecule has 2 fully saturated rings. The van der Waals surface area contributed by atoms with Crippen LogP contribution in [-0.4, -0.2) is 42.9 Å². The molecule has 142 valence electrons. The Morgan fingerprint density at radius 3 is 2.35 bits per heavy atom. The number of amides is 2. The van der Waals surface area contributed by atoms with Crippen molar-refractivity contribution in [1.29, 1.82) is 0 Å². The summed E-state index contributed by atoms with van der Waals surface area (Å²) < 4.78 is 14.3. The molecule has 2 aliphatic rings. The van der Waals surface area contributed by atoms with E-state index in [2.05, 4.69) is 10.6 Å². The van der Waals surface area contributed by atoms with Crippen LogP contribution in [0.25, 0.3) is 0 Å². The molecular weight excluding hydrogens is 333 g/mol. The SMILES string of the molecule is CC(C)(C)C(=O)Nc1ccc(F)c(C(=O)N2CC[C@@H]3CNC[C@@H]3CC2)c1. The Morgan fingerprint density at radius 1 is 1.15 bits per heavy atom. The van der Waals surface area contributed by atoms with Gasteiger partial charge in [0.25, 0.3) is 5.91 Å². The molecule has 0 saturated carbocycles. The standard InChI is InChI=1S/C20H28FN3O2/c1-20(2,3)19(26)23-15-4-5-17(21)16(10-15)18(25)24-8-6-13-11-22-12-14(13)7-9-24/h4-5,10,13-14,22H,6-9,11-12H2,1-3H3,(H,23,26)/t13-,14+. The van der Waals surface area contributed by atoms with Crippen molar-refractivity contribution < 1.29 is 14.0 Å². The molecular formula is C20H28FN3O2. The van der Waals surface area contributed by atoms with E-state index < -0.39 is 11.2 Å². The van der Waals surface area contributed by atoms with Gasteiger partial charge in [-0.25, -0.2) is 4.39 Å². The van der Waals surface area contributed by atoms with Crippen LogP contribution < -0.4 is 10.6 Å². The third-order valence-corrected chi connectivity index (χ3v) is 5.44. The molecule has 2 N–H and O–H groups in total. The van der Waals surface area contributed by atoms with Crippen molar-refractivity contribution in [3.05, 3.63) is 29.6 Å². The Labute approximate surface area is 154 Å². The molecule has 0 aliphatic carbocycles. The molecule has 1 aromatic rings. The van der Waals surface area contributed by atoms with Crippen LogP contribution >= 0.6 is 0 Å². The Balaban J connectivity index is 1.74. The number of anilines is 1. The smallest absolute Gasteiger partial charge is 0.256 e. The second kappa shape index (κ2) is 7.35. The van der Waals surface area contributed by atoms with E-state index in [4.69, 9.17) is 0 Å². The number of fused-ring (bicyclic) bond motifs is 1. The van der Waals surface area contributed by atoms with E-state index in [0.717, 1.165) is 25.9 Å². The normalized spacial score (nSPS) is 23.3. The molecule has 5 nitrogen and oxygen atoms in total. The van der Waals surface area contributed by atoms with E-state index in [-0.39, 0.29) is 17.4 Å². The van der Waals surface area contributed by atoms with Gasteiger partial charge in [0, 0.05) is 24.2 Å². The van der Waals surface area contributed by atoms with Gasteiger partial charge in [0.2, 0.25) is 5.91 Å². The molecule has 0 bridgehead atoms.